The molecule has 1 heterocycles. The number of benzene rings is 2. The Morgan fingerprint density at radius 1 is 1.09 bits per heavy atom. The predicted octanol–water partition coefficient (Wildman–Crippen LogP) is 2.51. The van der Waals surface area contributed by atoms with E-state index in [0.29, 0.717) is 19.8 Å². The van der Waals surface area contributed by atoms with Crippen LogP contribution >= 0.6 is 0 Å². The predicted molar refractivity (Wildman–Crippen MR) is 83.0 cm³/mol. The Balaban J connectivity index is 1.83. The third kappa shape index (κ3) is 3.19. The lowest BCUT2D eigenvalue weighted by Crippen LogP contribution is -2.52. The number of ether oxygens (including phenoxy) is 1. The number of halogens is 1. The molecule has 0 aliphatic carbocycles. The summed E-state index contributed by atoms with van der Waals surface area (Å²) in [4.78, 5) is 0. The van der Waals surface area contributed by atoms with Gasteiger partial charge in [-0.25, -0.2) is 4.39 Å². The van der Waals surface area contributed by atoms with Crippen molar-refractivity contribution in [3.63, 3.8) is 0 Å². The molecule has 0 bridgehead atoms. The average Bonchev–Trinajstić information content (AvgIpc) is 2.51. The van der Waals surface area contributed by atoms with Crippen molar-refractivity contribution in [3.05, 3.63) is 71.5 Å². The van der Waals surface area contributed by atoms with E-state index in [1.54, 1.807) is 12.1 Å². The summed E-state index contributed by atoms with van der Waals surface area (Å²) < 4.78 is 18.8. The Morgan fingerprint density at radius 2 is 1.82 bits per heavy atom. The zero-order valence-electron chi connectivity index (χ0n) is 12.3. The average molecular weight is 301 g/mol. The highest BCUT2D eigenvalue weighted by Gasteiger charge is 2.38. The van der Waals surface area contributed by atoms with Crippen LogP contribution in [-0.2, 0) is 4.74 Å². The molecule has 0 amide bonds. The molecule has 1 saturated heterocycles. The first-order chi connectivity index (χ1) is 10.7. The second-order valence-electron chi connectivity index (χ2n) is 5.93. The lowest BCUT2D eigenvalue weighted by atomic mass is 9.86. The molecule has 2 N–H and O–H groups in total. The third-order valence-corrected chi connectivity index (χ3v) is 4.15. The summed E-state index contributed by atoms with van der Waals surface area (Å²) in [6.07, 6.45) is 0. The molecule has 2 aromatic rings. The Labute approximate surface area is 129 Å². The van der Waals surface area contributed by atoms with Gasteiger partial charge in [-0.1, -0.05) is 42.5 Å². The van der Waals surface area contributed by atoms with Gasteiger partial charge in [0.15, 0.2) is 0 Å². The van der Waals surface area contributed by atoms with E-state index >= 15 is 0 Å². The van der Waals surface area contributed by atoms with Crippen LogP contribution in [0, 0.1) is 11.2 Å². The molecule has 3 nitrogen and oxygen atoms in total. The highest BCUT2D eigenvalue weighted by molar-refractivity contribution is 5.32. The van der Waals surface area contributed by atoms with Gasteiger partial charge in [0, 0.05) is 6.54 Å². The molecular formula is C18H20FNO2. The first kappa shape index (κ1) is 15.2. The molecule has 0 saturated carbocycles. The van der Waals surface area contributed by atoms with Gasteiger partial charge in [0.05, 0.1) is 31.3 Å². The van der Waals surface area contributed by atoms with Gasteiger partial charge in [-0.2, -0.15) is 0 Å². The number of aliphatic hydroxyl groups is 1. The summed E-state index contributed by atoms with van der Waals surface area (Å²) in [5, 5.41) is 13.0. The smallest absolute Gasteiger partial charge is 0.123 e. The molecule has 4 heteroatoms. The molecule has 22 heavy (non-hydrogen) atoms. The fourth-order valence-electron chi connectivity index (χ4n) is 2.72. The molecule has 1 atom stereocenters. The molecule has 2 aromatic carbocycles. The van der Waals surface area contributed by atoms with E-state index in [2.05, 4.69) is 5.32 Å². The second-order valence-corrected chi connectivity index (χ2v) is 5.93. The van der Waals surface area contributed by atoms with Crippen molar-refractivity contribution >= 4 is 0 Å². The lowest BCUT2D eigenvalue weighted by Gasteiger charge is -2.41. The second kappa shape index (κ2) is 6.57. The van der Waals surface area contributed by atoms with Gasteiger partial charge in [-0.3, -0.25) is 0 Å². The van der Waals surface area contributed by atoms with E-state index in [1.807, 2.05) is 36.4 Å². The first-order valence-corrected chi connectivity index (χ1v) is 7.45. The molecular weight excluding hydrogens is 281 g/mol. The molecule has 0 aromatic heterocycles. The van der Waals surface area contributed by atoms with Crippen molar-refractivity contribution < 1.29 is 14.2 Å². The van der Waals surface area contributed by atoms with Crippen LogP contribution in [0.4, 0.5) is 4.39 Å². The van der Waals surface area contributed by atoms with Crippen LogP contribution in [0.2, 0.25) is 0 Å². The summed E-state index contributed by atoms with van der Waals surface area (Å²) >= 11 is 0. The van der Waals surface area contributed by atoms with Gasteiger partial charge in [0.1, 0.15) is 5.82 Å². The summed E-state index contributed by atoms with van der Waals surface area (Å²) in [5.41, 5.74) is 1.72. The molecule has 0 radical (unpaired) electrons. The standard InChI is InChI=1S/C18H20FNO2/c19-16-8-4-7-15(9-16)17(14-5-2-1-3-6-14)20-10-18(11-21)12-22-13-18/h1-9,17,20-21H,10-13H2. The van der Waals surface area contributed by atoms with Crippen molar-refractivity contribution in [3.8, 4) is 0 Å². The zero-order valence-corrected chi connectivity index (χ0v) is 12.3. The monoisotopic (exact) mass is 301 g/mol. The minimum atomic E-state index is -0.246. The van der Waals surface area contributed by atoms with Gasteiger partial charge < -0.3 is 15.2 Å². The van der Waals surface area contributed by atoms with E-state index in [4.69, 9.17) is 4.74 Å². The Bertz CT molecular complexity index is 608. The van der Waals surface area contributed by atoms with Crippen LogP contribution in [-0.4, -0.2) is 31.5 Å². The van der Waals surface area contributed by atoms with Crippen LogP contribution in [0.1, 0.15) is 17.2 Å². The van der Waals surface area contributed by atoms with Gasteiger partial charge in [-0.05, 0) is 23.3 Å². The first-order valence-electron chi connectivity index (χ1n) is 7.45. The molecule has 1 fully saturated rings. The van der Waals surface area contributed by atoms with Gasteiger partial charge in [-0.15, -0.1) is 0 Å². The Kier molecular flexibility index (Phi) is 4.52. The van der Waals surface area contributed by atoms with E-state index in [0.717, 1.165) is 11.1 Å². The molecule has 1 aliphatic heterocycles. The summed E-state index contributed by atoms with van der Waals surface area (Å²) in [6.45, 7) is 1.83. The minimum Gasteiger partial charge on any atom is -0.396 e. The maximum atomic E-state index is 13.6. The van der Waals surface area contributed by atoms with Crippen molar-refractivity contribution in [2.24, 2.45) is 5.41 Å². The number of hydrogen-bond donors (Lipinski definition) is 2. The maximum Gasteiger partial charge on any atom is 0.123 e. The van der Waals surface area contributed by atoms with Crippen molar-refractivity contribution in [1.29, 1.82) is 0 Å². The summed E-state index contributed by atoms with van der Waals surface area (Å²) in [7, 11) is 0. The van der Waals surface area contributed by atoms with Gasteiger partial charge in [0.2, 0.25) is 0 Å². The van der Waals surface area contributed by atoms with E-state index in [9.17, 15) is 9.50 Å². The molecule has 1 unspecified atom stereocenters. The minimum absolute atomic E-state index is 0.0880. The van der Waals surface area contributed by atoms with Crippen molar-refractivity contribution in [1.82, 2.24) is 5.32 Å². The molecule has 1 aliphatic rings. The maximum absolute atomic E-state index is 13.6. The molecule has 0 spiro atoms. The van der Waals surface area contributed by atoms with Crippen LogP contribution in [0.5, 0.6) is 0 Å². The Hall–Kier alpha value is -1.75. The highest BCUT2D eigenvalue weighted by Crippen LogP contribution is 2.29. The highest BCUT2D eigenvalue weighted by atomic mass is 19.1. The molecule has 3 rings (SSSR count). The van der Waals surface area contributed by atoms with Gasteiger partial charge >= 0.3 is 0 Å². The van der Waals surface area contributed by atoms with E-state index < -0.39 is 0 Å². The van der Waals surface area contributed by atoms with Gasteiger partial charge in [0.25, 0.3) is 0 Å². The number of rotatable bonds is 6. The van der Waals surface area contributed by atoms with Crippen LogP contribution in [0.15, 0.2) is 54.6 Å². The zero-order chi connectivity index (χ0) is 15.4. The lowest BCUT2D eigenvalue weighted by molar-refractivity contribution is -0.134. The molecule has 116 valence electrons. The van der Waals surface area contributed by atoms with Crippen LogP contribution in [0.25, 0.3) is 0 Å². The summed E-state index contributed by atoms with van der Waals surface area (Å²) in [6, 6.07) is 16.5. The fraction of sp³-hybridized carbons (Fsp3) is 0.333. The van der Waals surface area contributed by atoms with Crippen LogP contribution in [0.3, 0.4) is 0 Å². The van der Waals surface area contributed by atoms with E-state index in [1.165, 1.54) is 6.07 Å². The largest absolute Gasteiger partial charge is 0.396 e. The van der Waals surface area contributed by atoms with E-state index in [-0.39, 0.29) is 23.9 Å². The SMILES string of the molecule is OCC1(CNC(c2ccccc2)c2cccc(F)c2)COC1. The number of hydrogen-bond acceptors (Lipinski definition) is 3. The quantitative estimate of drug-likeness (QED) is 0.861. The normalized spacial score (nSPS) is 17.7. The topological polar surface area (TPSA) is 41.5 Å². The van der Waals surface area contributed by atoms with Crippen molar-refractivity contribution in [2.45, 2.75) is 6.04 Å². The van der Waals surface area contributed by atoms with Crippen LogP contribution < -0.4 is 5.32 Å². The third-order valence-electron chi connectivity index (χ3n) is 4.15. The summed E-state index contributed by atoms with van der Waals surface area (Å²) in [5.74, 6) is -0.246. The Morgan fingerprint density at radius 3 is 2.41 bits per heavy atom. The van der Waals surface area contributed by atoms with Crippen molar-refractivity contribution in [2.75, 3.05) is 26.4 Å². The number of nitrogens with one attached hydrogen (secondary N) is 1. The number of aliphatic hydroxyl groups excluding tert-OH is 1. The fourth-order valence-corrected chi connectivity index (χ4v) is 2.72.